The summed E-state index contributed by atoms with van der Waals surface area (Å²) in [5, 5.41) is 19.9. The van der Waals surface area contributed by atoms with E-state index in [9.17, 15) is 15.2 Å². The first-order valence-corrected chi connectivity index (χ1v) is 8.51. The predicted octanol–water partition coefficient (Wildman–Crippen LogP) is 3.84. The number of aliphatic hydroxyl groups is 1. The Balaban J connectivity index is 1.76. The summed E-state index contributed by atoms with van der Waals surface area (Å²) < 4.78 is 5.29. The summed E-state index contributed by atoms with van der Waals surface area (Å²) in [5.74, 6) is -0.591. The smallest absolute Gasteiger partial charge is 0.310 e. The fourth-order valence-electron chi connectivity index (χ4n) is 2.67. The maximum Gasteiger partial charge on any atom is 0.310 e. The molecule has 0 bridgehead atoms. The number of H-pyrrole nitrogens is 1. The van der Waals surface area contributed by atoms with Crippen molar-refractivity contribution in [2.45, 2.75) is 26.4 Å². The van der Waals surface area contributed by atoms with Crippen molar-refractivity contribution in [1.29, 1.82) is 5.26 Å². The fourth-order valence-corrected chi connectivity index (χ4v) is 2.67. The number of ether oxygens (including phenoxy) is 1. The summed E-state index contributed by atoms with van der Waals surface area (Å²) in [4.78, 5) is 19.4. The number of rotatable bonds is 5. The maximum absolute atomic E-state index is 12.1. The van der Waals surface area contributed by atoms with E-state index in [2.05, 4.69) is 9.97 Å². The molecule has 0 saturated carbocycles. The Bertz CT molecular complexity index is 1010. The van der Waals surface area contributed by atoms with Gasteiger partial charge in [0, 0.05) is 0 Å². The normalized spacial score (nSPS) is 12.9. The number of esters is 1. The van der Waals surface area contributed by atoms with Gasteiger partial charge in [-0.05, 0) is 31.5 Å². The molecule has 0 radical (unpaired) electrons. The second-order valence-electron chi connectivity index (χ2n) is 6.27. The molecule has 0 fully saturated rings. The summed E-state index contributed by atoms with van der Waals surface area (Å²) >= 11 is 0. The first-order valence-electron chi connectivity index (χ1n) is 8.51. The van der Waals surface area contributed by atoms with Gasteiger partial charge in [-0.15, -0.1) is 0 Å². The molecule has 2 aromatic carbocycles. The highest BCUT2D eigenvalue weighted by atomic mass is 16.6. The molecule has 0 aliphatic heterocycles. The SMILES string of the molecule is Cc1ccc(CC(=O)O[C@@H](C)/C(O)=C(\C#N)c2nc3ccccc3[nH]2)cc1. The minimum atomic E-state index is -0.967. The number of nitrogens with zero attached hydrogens (tertiary/aromatic N) is 2. The number of nitrogens with one attached hydrogen (secondary N) is 1. The van der Waals surface area contributed by atoms with Crippen LogP contribution in [0, 0.1) is 18.3 Å². The molecule has 2 N–H and O–H groups in total. The van der Waals surface area contributed by atoms with Crippen LogP contribution in [0.3, 0.4) is 0 Å². The molecule has 0 amide bonds. The number of fused-ring (bicyclic) bond motifs is 1. The Morgan fingerprint density at radius 3 is 2.63 bits per heavy atom. The topological polar surface area (TPSA) is 99.0 Å². The molecule has 0 aliphatic rings. The lowest BCUT2D eigenvalue weighted by Gasteiger charge is -2.13. The highest BCUT2D eigenvalue weighted by molar-refractivity contribution is 5.83. The molecule has 3 rings (SSSR count). The van der Waals surface area contributed by atoms with E-state index in [4.69, 9.17) is 4.74 Å². The Morgan fingerprint density at radius 2 is 1.96 bits per heavy atom. The third kappa shape index (κ3) is 4.15. The first kappa shape index (κ1) is 18.2. The van der Waals surface area contributed by atoms with Gasteiger partial charge in [-0.3, -0.25) is 4.79 Å². The number of aromatic amines is 1. The highest BCUT2D eigenvalue weighted by Gasteiger charge is 2.21. The molecule has 0 saturated heterocycles. The van der Waals surface area contributed by atoms with Crippen LogP contribution in [0.2, 0.25) is 0 Å². The molecule has 0 aliphatic carbocycles. The summed E-state index contributed by atoms with van der Waals surface area (Å²) in [6.07, 6.45) is -0.879. The molecule has 27 heavy (non-hydrogen) atoms. The van der Waals surface area contributed by atoms with E-state index in [1.165, 1.54) is 6.92 Å². The van der Waals surface area contributed by atoms with Crippen LogP contribution in [0.15, 0.2) is 54.3 Å². The van der Waals surface area contributed by atoms with Crippen molar-refractivity contribution >= 4 is 22.6 Å². The summed E-state index contributed by atoms with van der Waals surface area (Å²) in [6.45, 7) is 3.48. The van der Waals surface area contributed by atoms with Crippen LogP contribution in [0.5, 0.6) is 0 Å². The van der Waals surface area contributed by atoms with Crippen LogP contribution in [0.4, 0.5) is 0 Å². The number of allylic oxidation sites excluding steroid dienone is 1. The van der Waals surface area contributed by atoms with E-state index in [0.29, 0.717) is 5.52 Å². The zero-order chi connectivity index (χ0) is 19.4. The zero-order valence-electron chi connectivity index (χ0n) is 15.1. The molecular weight excluding hydrogens is 342 g/mol. The summed E-state index contributed by atoms with van der Waals surface area (Å²) in [5.41, 5.74) is 3.29. The molecule has 6 nitrogen and oxygen atoms in total. The molecule has 1 heterocycles. The minimum Gasteiger partial charge on any atom is -0.507 e. The van der Waals surface area contributed by atoms with Gasteiger partial charge in [-0.1, -0.05) is 42.0 Å². The number of imidazole rings is 1. The molecule has 1 aromatic heterocycles. The van der Waals surface area contributed by atoms with E-state index in [1.807, 2.05) is 55.5 Å². The van der Waals surface area contributed by atoms with E-state index >= 15 is 0 Å². The number of benzene rings is 2. The number of carbonyl (C=O) groups excluding carboxylic acids is 1. The molecular formula is C21H19N3O3. The second kappa shape index (κ2) is 7.75. The Morgan fingerprint density at radius 1 is 1.26 bits per heavy atom. The number of hydrogen-bond acceptors (Lipinski definition) is 5. The van der Waals surface area contributed by atoms with Crippen molar-refractivity contribution in [2.75, 3.05) is 0 Å². The van der Waals surface area contributed by atoms with E-state index < -0.39 is 12.1 Å². The largest absolute Gasteiger partial charge is 0.507 e. The van der Waals surface area contributed by atoms with Crippen LogP contribution >= 0.6 is 0 Å². The van der Waals surface area contributed by atoms with E-state index in [0.717, 1.165) is 16.6 Å². The molecule has 3 aromatic rings. The Labute approximate surface area is 156 Å². The number of carbonyl (C=O) groups is 1. The van der Waals surface area contributed by atoms with Crippen LogP contribution in [-0.4, -0.2) is 27.1 Å². The Kier molecular flexibility index (Phi) is 5.23. The maximum atomic E-state index is 12.1. The predicted molar refractivity (Wildman–Crippen MR) is 102 cm³/mol. The van der Waals surface area contributed by atoms with Gasteiger partial charge in [-0.2, -0.15) is 5.26 Å². The number of aromatic nitrogens is 2. The van der Waals surface area contributed by atoms with E-state index in [-0.39, 0.29) is 23.6 Å². The second-order valence-corrected chi connectivity index (χ2v) is 6.27. The quantitative estimate of drug-likeness (QED) is 0.409. The first-order chi connectivity index (χ1) is 13.0. The van der Waals surface area contributed by atoms with Gasteiger partial charge in [-0.25, -0.2) is 4.98 Å². The van der Waals surface area contributed by atoms with Gasteiger partial charge in [0.15, 0.2) is 17.7 Å². The summed E-state index contributed by atoms with van der Waals surface area (Å²) in [6, 6.07) is 16.8. The third-order valence-corrected chi connectivity index (χ3v) is 4.16. The molecule has 0 spiro atoms. The average Bonchev–Trinajstić information content (AvgIpc) is 3.07. The number of para-hydroxylation sites is 2. The minimum absolute atomic E-state index is 0.0539. The van der Waals surface area contributed by atoms with E-state index in [1.54, 1.807) is 6.07 Å². The number of aliphatic hydroxyl groups excluding tert-OH is 1. The fraction of sp³-hybridized carbons (Fsp3) is 0.190. The van der Waals surface area contributed by atoms with Gasteiger partial charge < -0.3 is 14.8 Å². The molecule has 6 heteroatoms. The van der Waals surface area contributed by atoms with Crippen LogP contribution in [0.1, 0.15) is 23.9 Å². The van der Waals surface area contributed by atoms with Gasteiger partial charge in [0.05, 0.1) is 17.5 Å². The number of hydrogen-bond donors (Lipinski definition) is 2. The lowest BCUT2D eigenvalue weighted by molar-refractivity contribution is -0.146. The van der Waals surface area contributed by atoms with Crippen molar-refractivity contribution in [3.05, 3.63) is 71.2 Å². The zero-order valence-corrected chi connectivity index (χ0v) is 15.1. The van der Waals surface area contributed by atoms with Crippen molar-refractivity contribution < 1.29 is 14.6 Å². The van der Waals surface area contributed by atoms with Crippen LogP contribution in [0.25, 0.3) is 16.6 Å². The number of nitriles is 1. The van der Waals surface area contributed by atoms with Crippen molar-refractivity contribution in [3.8, 4) is 6.07 Å². The monoisotopic (exact) mass is 361 g/mol. The lowest BCUT2D eigenvalue weighted by Crippen LogP contribution is -2.19. The standard InChI is InChI=1S/C21H19N3O3/c1-13-7-9-15(10-8-13)11-19(25)27-14(2)20(26)16(12-22)21-23-17-5-3-4-6-18(17)24-21/h3-10,14,26H,11H2,1-2H3,(H,23,24)/b20-16-/t14-/m0/s1. The van der Waals surface area contributed by atoms with Crippen molar-refractivity contribution in [2.24, 2.45) is 0 Å². The highest BCUT2D eigenvalue weighted by Crippen LogP contribution is 2.21. The lowest BCUT2D eigenvalue weighted by atomic mass is 10.1. The van der Waals surface area contributed by atoms with Gasteiger partial charge in [0.25, 0.3) is 0 Å². The summed E-state index contributed by atoms with van der Waals surface area (Å²) in [7, 11) is 0. The average molecular weight is 361 g/mol. The number of aryl methyl sites for hydroxylation is 1. The van der Waals surface area contributed by atoms with Crippen molar-refractivity contribution in [3.63, 3.8) is 0 Å². The van der Waals surface area contributed by atoms with Crippen LogP contribution in [-0.2, 0) is 16.0 Å². The molecule has 0 unspecified atom stereocenters. The third-order valence-electron chi connectivity index (χ3n) is 4.16. The van der Waals surface area contributed by atoms with Gasteiger partial charge in [0.1, 0.15) is 11.6 Å². The molecule has 1 atom stereocenters. The van der Waals surface area contributed by atoms with Gasteiger partial charge in [0.2, 0.25) is 0 Å². The van der Waals surface area contributed by atoms with Crippen LogP contribution < -0.4 is 0 Å². The van der Waals surface area contributed by atoms with Gasteiger partial charge >= 0.3 is 5.97 Å². The Hall–Kier alpha value is -3.59. The molecule has 136 valence electrons. The van der Waals surface area contributed by atoms with Crippen molar-refractivity contribution in [1.82, 2.24) is 9.97 Å².